The standard InChI is InChI=1S/C15H17F2N3O4S/c16-10-4-5-11(25(23,24)8-9-2-3-9)13(17)12(10)14(21)19-20-7-1-6-18-15(20)22/h4-5,9H,1-3,6-8H2,(H,18,22)(H,19,21). The van der Waals surface area contributed by atoms with E-state index in [2.05, 4.69) is 10.7 Å². The highest BCUT2D eigenvalue weighted by atomic mass is 32.2. The van der Waals surface area contributed by atoms with E-state index in [1.54, 1.807) is 0 Å². The van der Waals surface area contributed by atoms with Crippen LogP contribution >= 0.6 is 0 Å². The zero-order chi connectivity index (χ0) is 18.2. The predicted molar refractivity (Wildman–Crippen MR) is 83.3 cm³/mol. The number of rotatable bonds is 5. The van der Waals surface area contributed by atoms with Gasteiger partial charge < -0.3 is 5.32 Å². The molecule has 0 bridgehead atoms. The average Bonchev–Trinajstić information content (AvgIpc) is 3.32. The molecule has 2 fully saturated rings. The van der Waals surface area contributed by atoms with Gasteiger partial charge in [0.05, 0.1) is 5.75 Å². The molecule has 1 saturated heterocycles. The maximum atomic E-state index is 14.6. The van der Waals surface area contributed by atoms with Gasteiger partial charge in [0.25, 0.3) is 5.91 Å². The third-order valence-corrected chi connectivity index (χ3v) is 5.98. The smallest absolute Gasteiger partial charge is 0.336 e. The summed E-state index contributed by atoms with van der Waals surface area (Å²) < 4.78 is 53.1. The lowest BCUT2D eigenvalue weighted by atomic mass is 10.2. The van der Waals surface area contributed by atoms with Crippen LogP contribution in [0.1, 0.15) is 29.6 Å². The van der Waals surface area contributed by atoms with Crippen LogP contribution in [0.15, 0.2) is 17.0 Å². The summed E-state index contributed by atoms with van der Waals surface area (Å²) in [6.07, 6.45) is 2.05. The van der Waals surface area contributed by atoms with E-state index in [9.17, 15) is 26.8 Å². The van der Waals surface area contributed by atoms with Crippen LogP contribution in [0.25, 0.3) is 0 Å². The van der Waals surface area contributed by atoms with Gasteiger partial charge in [-0.1, -0.05) is 0 Å². The number of halogens is 2. The largest absolute Gasteiger partial charge is 0.336 e. The Balaban J connectivity index is 1.88. The van der Waals surface area contributed by atoms with E-state index in [4.69, 9.17) is 0 Å². The summed E-state index contributed by atoms with van der Waals surface area (Å²) in [4.78, 5) is 23.1. The Morgan fingerprint density at radius 3 is 2.68 bits per heavy atom. The number of carbonyl (C=O) groups excluding carboxylic acids is 2. The molecule has 10 heteroatoms. The first-order valence-electron chi connectivity index (χ1n) is 7.86. The van der Waals surface area contributed by atoms with Gasteiger partial charge in [-0.3, -0.25) is 10.2 Å². The number of amides is 3. The molecule has 25 heavy (non-hydrogen) atoms. The Labute approximate surface area is 143 Å². The number of nitrogens with zero attached hydrogens (tertiary/aromatic N) is 1. The van der Waals surface area contributed by atoms with E-state index in [0.29, 0.717) is 13.0 Å². The molecule has 0 spiro atoms. The fraction of sp³-hybridized carbons (Fsp3) is 0.467. The van der Waals surface area contributed by atoms with Crippen molar-refractivity contribution in [2.45, 2.75) is 24.2 Å². The molecule has 2 N–H and O–H groups in total. The average molecular weight is 373 g/mol. The number of nitrogens with one attached hydrogen (secondary N) is 2. The van der Waals surface area contributed by atoms with Crippen molar-refractivity contribution < 1.29 is 26.8 Å². The van der Waals surface area contributed by atoms with Crippen molar-refractivity contribution in [1.82, 2.24) is 15.8 Å². The van der Waals surface area contributed by atoms with Gasteiger partial charge in [0.1, 0.15) is 16.3 Å². The van der Waals surface area contributed by atoms with Gasteiger partial charge in [-0.25, -0.2) is 27.0 Å². The molecule has 0 radical (unpaired) electrons. The van der Waals surface area contributed by atoms with Gasteiger partial charge in [0.2, 0.25) is 0 Å². The topological polar surface area (TPSA) is 95.6 Å². The molecule has 0 aromatic heterocycles. The third-order valence-electron chi connectivity index (χ3n) is 4.09. The van der Waals surface area contributed by atoms with Crippen molar-refractivity contribution >= 4 is 21.8 Å². The number of benzene rings is 1. The van der Waals surface area contributed by atoms with Crippen LogP contribution in [0, 0.1) is 17.6 Å². The first-order valence-corrected chi connectivity index (χ1v) is 9.52. The SMILES string of the molecule is O=C(NN1CCCNC1=O)c1c(F)ccc(S(=O)(=O)CC2CC2)c1F. The molecule has 1 saturated carbocycles. The Kier molecular flexibility index (Phi) is 4.63. The molecule has 3 rings (SSSR count). The van der Waals surface area contributed by atoms with Gasteiger partial charge in [-0.15, -0.1) is 0 Å². The molecular weight excluding hydrogens is 356 g/mol. The first kappa shape index (κ1) is 17.6. The van der Waals surface area contributed by atoms with Crippen LogP contribution in [-0.4, -0.2) is 44.2 Å². The molecule has 0 atom stereocenters. The Bertz CT molecular complexity index is 824. The van der Waals surface area contributed by atoms with Gasteiger partial charge in [-0.2, -0.15) is 0 Å². The summed E-state index contributed by atoms with van der Waals surface area (Å²) in [6, 6.07) is 0.971. The Morgan fingerprint density at radius 2 is 2.04 bits per heavy atom. The van der Waals surface area contributed by atoms with E-state index in [0.717, 1.165) is 30.0 Å². The highest BCUT2D eigenvalue weighted by molar-refractivity contribution is 7.91. The molecule has 1 aromatic rings. The minimum absolute atomic E-state index is 0.0243. The minimum Gasteiger partial charge on any atom is -0.336 e. The zero-order valence-corrected chi connectivity index (χ0v) is 14.0. The maximum absolute atomic E-state index is 14.6. The summed E-state index contributed by atoms with van der Waals surface area (Å²) in [7, 11) is -3.96. The third kappa shape index (κ3) is 3.73. The van der Waals surface area contributed by atoms with Crippen molar-refractivity contribution in [2.24, 2.45) is 5.92 Å². The normalized spacial score (nSPS) is 18.0. The summed E-state index contributed by atoms with van der Waals surface area (Å²) >= 11 is 0. The quantitative estimate of drug-likeness (QED) is 0.759. The summed E-state index contributed by atoms with van der Waals surface area (Å²) in [5.74, 6) is -4.10. The van der Waals surface area contributed by atoms with Crippen molar-refractivity contribution in [2.75, 3.05) is 18.8 Å². The van der Waals surface area contributed by atoms with Crippen molar-refractivity contribution in [1.29, 1.82) is 0 Å². The van der Waals surface area contributed by atoms with Crippen LogP contribution in [0.2, 0.25) is 0 Å². The van der Waals surface area contributed by atoms with Gasteiger partial charge in [-0.05, 0) is 37.3 Å². The highest BCUT2D eigenvalue weighted by Crippen LogP contribution is 2.33. The summed E-state index contributed by atoms with van der Waals surface area (Å²) in [6.45, 7) is 0.614. The molecule has 1 aliphatic carbocycles. The molecule has 1 aromatic carbocycles. The number of hydrogen-bond donors (Lipinski definition) is 2. The molecule has 136 valence electrons. The minimum atomic E-state index is -3.96. The molecule has 2 aliphatic rings. The van der Waals surface area contributed by atoms with Crippen LogP contribution in [0.4, 0.5) is 13.6 Å². The van der Waals surface area contributed by atoms with Gasteiger partial charge >= 0.3 is 6.03 Å². The van der Waals surface area contributed by atoms with E-state index in [1.165, 1.54) is 0 Å². The first-order chi connectivity index (χ1) is 11.8. The van der Waals surface area contributed by atoms with Crippen LogP contribution in [0.5, 0.6) is 0 Å². The lowest BCUT2D eigenvalue weighted by Crippen LogP contribution is -2.55. The molecular formula is C15H17F2N3O4S. The second-order valence-electron chi connectivity index (χ2n) is 6.14. The molecule has 1 aliphatic heterocycles. The maximum Gasteiger partial charge on any atom is 0.336 e. The van der Waals surface area contributed by atoms with Crippen LogP contribution in [-0.2, 0) is 9.84 Å². The molecule has 1 heterocycles. The summed E-state index contributed by atoms with van der Waals surface area (Å²) in [5, 5.41) is 3.37. The van der Waals surface area contributed by atoms with Gasteiger partial charge in [0.15, 0.2) is 15.7 Å². The fourth-order valence-electron chi connectivity index (χ4n) is 2.58. The van der Waals surface area contributed by atoms with Crippen molar-refractivity contribution in [3.63, 3.8) is 0 Å². The molecule has 0 unspecified atom stereocenters. The number of urea groups is 1. The number of hydrazine groups is 1. The monoisotopic (exact) mass is 373 g/mol. The van der Waals surface area contributed by atoms with Gasteiger partial charge in [0, 0.05) is 13.1 Å². The zero-order valence-electron chi connectivity index (χ0n) is 13.2. The van der Waals surface area contributed by atoms with E-state index < -0.39 is 43.9 Å². The number of sulfone groups is 1. The van der Waals surface area contributed by atoms with E-state index in [1.807, 2.05) is 0 Å². The summed E-state index contributed by atoms with van der Waals surface area (Å²) in [5.41, 5.74) is 1.09. The van der Waals surface area contributed by atoms with Crippen LogP contribution in [0.3, 0.4) is 0 Å². The highest BCUT2D eigenvalue weighted by Gasteiger charge is 2.33. The lowest BCUT2D eigenvalue weighted by molar-refractivity contribution is 0.0799. The second-order valence-corrected chi connectivity index (χ2v) is 8.14. The predicted octanol–water partition coefficient (Wildman–Crippen LogP) is 1.21. The van der Waals surface area contributed by atoms with Crippen molar-refractivity contribution in [3.8, 4) is 0 Å². The second kappa shape index (κ2) is 6.58. The Hall–Kier alpha value is -2.23. The van der Waals surface area contributed by atoms with Crippen LogP contribution < -0.4 is 10.7 Å². The number of carbonyl (C=O) groups is 2. The molecule has 3 amide bonds. The lowest BCUT2D eigenvalue weighted by Gasteiger charge is -2.27. The fourth-order valence-corrected chi connectivity index (χ4v) is 4.36. The van der Waals surface area contributed by atoms with E-state index in [-0.39, 0.29) is 18.2 Å². The molecule has 7 nitrogen and oxygen atoms in total. The van der Waals surface area contributed by atoms with Crippen molar-refractivity contribution in [3.05, 3.63) is 29.3 Å². The van der Waals surface area contributed by atoms with E-state index >= 15 is 0 Å². The number of hydrogen-bond acceptors (Lipinski definition) is 4. The Morgan fingerprint density at radius 1 is 1.32 bits per heavy atom.